The van der Waals surface area contributed by atoms with Crippen molar-refractivity contribution >= 4 is 28.4 Å². The lowest BCUT2D eigenvalue weighted by molar-refractivity contribution is -0.136. The Balaban J connectivity index is 1.89. The first-order chi connectivity index (χ1) is 10.6. The molecule has 5 nitrogen and oxygen atoms in total. The van der Waals surface area contributed by atoms with Crippen LogP contribution in [0.15, 0.2) is 48.8 Å². The summed E-state index contributed by atoms with van der Waals surface area (Å²) in [5, 5.41) is 13.0. The molecule has 5 heteroatoms. The van der Waals surface area contributed by atoms with E-state index in [4.69, 9.17) is 5.11 Å². The van der Waals surface area contributed by atoms with E-state index in [2.05, 4.69) is 15.3 Å². The highest BCUT2D eigenvalue weighted by Gasteiger charge is 2.05. The van der Waals surface area contributed by atoms with E-state index in [1.165, 1.54) is 6.33 Å². The monoisotopic (exact) mass is 293 g/mol. The van der Waals surface area contributed by atoms with Gasteiger partial charge in [0, 0.05) is 11.1 Å². The van der Waals surface area contributed by atoms with Gasteiger partial charge in [-0.15, -0.1) is 0 Å². The molecule has 0 bridgehead atoms. The van der Waals surface area contributed by atoms with Crippen molar-refractivity contribution in [2.45, 2.75) is 13.3 Å². The zero-order chi connectivity index (χ0) is 15.5. The van der Waals surface area contributed by atoms with Gasteiger partial charge in [0.1, 0.15) is 12.1 Å². The van der Waals surface area contributed by atoms with Crippen LogP contribution in [0, 0.1) is 6.92 Å². The zero-order valence-electron chi connectivity index (χ0n) is 12.1. The molecule has 3 rings (SSSR count). The third-order valence-corrected chi connectivity index (χ3v) is 3.36. The Morgan fingerprint density at radius 3 is 2.64 bits per heavy atom. The predicted molar refractivity (Wildman–Crippen MR) is 85.3 cm³/mol. The van der Waals surface area contributed by atoms with Crippen LogP contribution < -0.4 is 5.32 Å². The van der Waals surface area contributed by atoms with Crippen molar-refractivity contribution in [2.24, 2.45) is 0 Å². The van der Waals surface area contributed by atoms with Crippen LogP contribution in [-0.2, 0) is 11.2 Å². The fourth-order valence-electron chi connectivity index (χ4n) is 2.29. The van der Waals surface area contributed by atoms with Crippen LogP contribution in [0.25, 0.3) is 10.9 Å². The van der Waals surface area contributed by atoms with Crippen molar-refractivity contribution in [2.75, 3.05) is 5.32 Å². The van der Waals surface area contributed by atoms with Gasteiger partial charge in [0.2, 0.25) is 0 Å². The first kappa shape index (κ1) is 14.0. The minimum absolute atomic E-state index is 0.0237. The molecule has 0 atom stereocenters. The number of benzene rings is 2. The molecule has 110 valence electrons. The van der Waals surface area contributed by atoms with E-state index in [0.717, 1.165) is 33.5 Å². The highest BCUT2D eigenvalue weighted by atomic mass is 16.4. The number of hydrogen-bond donors (Lipinski definition) is 2. The fourth-order valence-corrected chi connectivity index (χ4v) is 2.29. The van der Waals surface area contributed by atoms with Crippen molar-refractivity contribution < 1.29 is 9.90 Å². The summed E-state index contributed by atoms with van der Waals surface area (Å²) in [5.74, 6) is -0.0994. The number of nitrogens with one attached hydrogen (secondary N) is 1. The zero-order valence-corrected chi connectivity index (χ0v) is 12.1. The average molecular weight is 293 g/mol. The molecular weight excluding hydrogens is 278 g/mol. The molecule has 1 aromatic heterocycles. The number of aromatic nitrogens is 2. The molecule has 22 heavy (non-hydrogen) atoms. The number of aliphatic carboxylic acids is 1. The van der Waals surface area contributed by atoms with Crippen LogP contribution in [-0.4, -0.2) is 21.0 Å². The molecule has 0 fully saturated rings. The van der Waals surface area contributed by atoms with Gasteiger partial charge in [-0.1, -0.05) is 23.8 Å². The summed E-state index contributed by atoms with van der Waals surface area (Å²) in [6.45, 7) is 2.02. The summed E-state index contributed by atoms with van der Waals surface area (Å²) in [7, 11) is 0. The fraction of sp³-hybridized carbons (Fsp3) is 0.118. The standard InChI is InChI=1S/C17H15N3O2/c1-11-2-7-15-14(8-11)17(19-10-18-15)20-13-5-3-12(4-6-13)9-16(21)22/h2-8,10H,9H2,1H3,(H,21,22)(H,18,19,20). The molecule has 0 aliphatic carbocycles. The van der Waals surface area contributed by atoms with E-state index in [0.29, 0.717) is 0 Å². The van der Waals surface area contributed by atoms with Crippen LogP contribution >= 0.6 is 0 Å². The maximum absolute atomic E-state index is 10.7. The summed E-state index contributed by atoms with van der Waals surface area (Å²) in [5.41, 5.74) is 3.64. The van der Waals surface area contributed by atoms with Crippen LogP contribution in [0.1, 0.15) is 11.1 Å². The number of hydrogen-bond acceptors (Lipinski definition) is 4. The maximum atomic E-state index is 10.7. The van der Waals surface area contributed by atoms with Gasteiger partial charge in [0.05, 0.1) is 11.9 Å². The minimum Gasteiger partial charge on any atom is -0.481 e. The number of carbonyl (C=O) groups is 1. The first-order valence-electron chi connectivity index (χ1n) is 6.91. The maximum Gasteiger partial charge on any atom is 0.307 e. The smallest absolute Gasteiger partial charge is 0.307 e. The molecule has 0 spiro atoms. The predicted octanol–water partition coefficient (Wildman–Crippen LogP) is 3.31. The van der Waals surface area contributed by atoms with E-state index in [1.54, 1.807) is 12.1 Å². The third-order valence-electron chi connectivity index (χ3n) is 3.36. The Morgan fingerprint density at radius 2 is 1.91 bits per heavy atom. The highest BCUT2D eigenvalue weighted by Crippen LogP contribution is 2.24. The van der Waals surface area contributed by atoms with Crippen LogP contribution in [0.4, 0.5) is 11.5 Å². The Hall–Kier alpha value is -2.95. The number of rotatable bonds is 4. The van der Waals surface area contributed by atoms with Gasteiger partial charge in [0.25, 0.3) is 0 Å². The van der Waals surface area contributed by atoms with Crippen molar-refractivity contribution in [3.8, 4) is 0 Å². The summed E-state index contributed by atoms with van der Waals surface area (Å²) in [6, 6.07) is 13.3. The number of fused-ring (bicyclic) bond motifs is 1. The second-order valence-electron chi connectivity index (χ2n) is 5.14. The van der Waals surface area contributed by atoms with Crippen molar-refractivity contribution in [3.05, 3.63) is 59.9 Å². The molecule has 2 N–H and O–H groups in total. The molecule has 0 saturated heterocycles. The third kappa shape index (κ3) is 3.03. The molecule has 0 aliphatic rings. The van der Waals surface area contributed by atoms with Crippen molar-refractivity contribution in [3.63, 3.8) is 0 Å². The molecule has 0 aliphatic heterocycles. The largest absolute Gasteiger partial charge is 0.481 e. The van der Waals surface area contributed by atoms with Gasteiger partial charge < -0.3 is 10.4 Å². The van der Waals surface area contributed by atoms with Crippen LogP contribution in [0.5, 0.6) is 0 Å². The second-order valence-corrected chi connectivity index (χ2v) is 5.14. The summed E-state index contributed by atoms with van der Waals surface area (Å²) < 4.78 is 0. The normalized spacial score (nSPS) is 10.6. The number of nitrogens with zero attached hydrogens (tertiary/aromatic N) is 2. The Kier molecular flexibility index (Phi) is 3.70. The molecule has 2 aromatic carbocycles. The van der Waals surface area contributed by atoms with Gasteiger partial charge in [-0.25, -0.2) is 9.97 Å². The van der Waals surface area contributed by atoms with Crippen LogP contribution in [0.2, 0.25) is 0 Å². The van der Waals surface area contributed by atoms with Gasteiger partial charge >= 0.3 is 5.97 Å². The summed E-state index contributed by atoms with van der Waals surface area (Å²) >= 11 is 0. The van der Waals surface area contributed by atoms with E-state index in [9.17, 15) is 4.79 Å². The van der Waals surface area contributed by atoms with Gasteiger partial charge in [-0.3, -0.25) is 4.79 Å². The quantitative estimate of drug-likeness (QED) is 0.772. The molecule has 0 amide bonds. The summed E-state index contributed by atoms with van der Waals surface area (Å²) in [4.78, 5) is 19.2. The van der Waals surface area contributed by atoms with Crippen molar-refractivity contribution in [1.29, 1.82) is 0 Å². The van der Waals surface area contributed by atoms with Gasteiger partial charge in [-0.2, -0.15) is 0 Å². The summed E-state index contributed by atoms with van der Waals surface area (Å²) in [6.07, 6.45) is 1.55. The van der Waals surface area contributed by atoms with E-state index in [-0.39, 0.29) is 6.42 Å². The molecule has 0 saturated carbocycles. The Morgan fingerprint density at radius 1 is 1.14 bits per heavy atom. The van der Waals surface area contributed by atoms with E-state index < -0.39 is 5.97 Å². The number of anilines is 2. The van der Waals surface area contributed by atoms with E-state index in [1.807, 2.05) is 37.3 Å². The van der Waals surface area contributed by atoms with Gasteiger partial charge in [0.15, 0.2) is 0 Å². The number of aryl methyl sites for hydroxylation is 1. The van der Waals surface area contributed by atoms with Crippen molar-refractivity contribution in [1.82, 2.24) is 9.97 Å². The molecular formula is C17H15N3O2. The SMILES string of the molecule is Cc1ccc2ncnc(Nc3ccc(CC(=O)O)cc3)c2c1. The molecule has 0 radical (unpaired) electrons. The molecule has 1 heterocycles. The lowest BCUT2D eigenvalue weighted by atomic mass is 10.1. The highest BCUT2D eigenvalue weighted by molar-refractivity contribution is 5.91. The Bertz CT molecular complexity index is 829. The second kappa shape index (κ2) is 5.81. The lowest BCUT2D eigenvalue weighted by Crippen LogP contribution is -2.00. The number of carboxylic acids is 1. The van der Waals surface area contributed by atoms with E-state index >= 15 is 0 Å². The van der Waals surface area contributed by atoms with Crippen LogP contribution in [0.3, 0.4) is 0 Å². The first-order valence-corrected chi connectivity index (χ1v) is 6.91. The topological polar surface area (TPSA) is 75.1 Å². The Labute approximate surface area is 127 Å². The van der Waals surface area contributed by atoms with Gasteiger partial charge in [-0.05, 0) is 36.8 Å². The lowest BCUT2D eigenvalue weighted by Gasteiger charge is -2.09. The minimum atomic E-state index is -0.835. The molecule has 0 unspecified atom stereocenters. The molecule has 3 aromatic rings. The number of carboxylic acid groups (broad SMARTS) is 1. The average Bonchev–Trinajstić information content (AvgIpc) is 2.49.